The van der Waals surface area contributed by atoms with Gasteiger partial charge in [0.15, 0.2) is 0 Å². The molecule has 3 aromatic heterocycles. The van der Waals surface area contributed by atoms with E-state index < -0.39 is 11.5 Å². The molecule has 1 aliphatic rings. The second kappa shape index (κ2) is 10.9. The van der Waals surface area contributed by atoms with Gasteiger partial charge in [-0.2, -0.15) is 4.98 Å². The average Bonchev–Trinajstić information content (AvgIpc) is 2.93. The van der Waals surface area contributed by atoms with Crippen LogP contribution in [-0.4, -0.2) is 61.1 Å². The van der Waals surface area contributed by atoms with Crippen molar-refractivity contribution in [2.75, 3.05) is 24.5 Å². The number of carbonyl (C=O) groups excluding carboxylic acids is 1. The summed E-state index contributed by atoms with van der Waals surface area (Å²) >= 11 is 7.03. The third-order valence-corrected chi connectivity index (χ3v) is 7.75. The molecule has 5 rings (SSSR count). The lowest BCUT2D eigenvalue weighted by Gasteiger charge is -2.40. The molecule has 0 saturated carbocycles. The molecule has 0 bridgehead atoms. The van der Waals surface area contributed by atoms with Gasteiger partial charge in [-0.3, -0.25) is 19.3 Å². The molecule has 41 heavy (non-hydrogen) atoms. The van der Waals surface area contributed by atoms with Crippen molar-refractivity contribution in [2.24, 2.45) is 0 Å². The lowest BCUT2D eigenvalue weighted by Crippen LogP contribution is -2.54. The number of anilines is 1. The average molecular weight is 577 g/mol. The fraction of sp³-hybridized carbons (Fsp3) is 0.300. The molecule has 0 unspecified atom stereocenters. The van der Waals surface area contributed by atoms with Crippen LogP contribution in [0.3, 0.4) is 0 Å². The summed E-state index contributed by atoms with van der Waals surface area (Å²) < 4.78 is 16.4. The van der Waals surface area contributed by atoms with Gasteiger partial charge in [0.1, 0.15) is 17.4 Å². The number of phenols is 1. The summed E-state index contributed by atoms with van der Waals surface area (Å²) in [6.07, 6.45) is 4.46. The zero-order valence-electron chi connectivity index (χ0n) is 23.2. The zero-order chi connectivity index (χ0) is 29.6. The Hall–Kier alpha value is -4.31. The van der Waals surface area contributed by atoms with E-state index in [0.29, 0.717) is 42.2 Å². The second-order valence-electron chi connectivity index (χ2n) is 10.4. The quantitative estimate of drug-likeness (QED) is 0.334. The number of aromatic hydroxyl groups is 1. The molecule has 0 spiro atoms. The van der Waals surface area contributed by atoms with E-state index in [9.17, 15) is 14.7 Å². The fourth-order valence-corrected chi connectivity index (χ4v) is 5.72. The topological polar surface area (TPSA) is 104 Å². The van der Waals surface area contributed by atoms with E-state index in [4.69, 9.17) is 11.6 Å². The number of aryl methyl sites for hydroxylation is 1. The van der Waals surface area contributed by atoms with Gasteiger partial charge in [0.05, 0.1) is 38.6 Å². The highest BCUT2D eigenvalue weighted by molar-refractivity contribution is 6.38. The van der Waals surface area contributed by atoms with E-state index in [0.717, 1.165) is 5.56 Å². The predicted molar refractivity (Wildman–Crippen MR) is 157 cm³/mol. The first-order chi connectivity index (χ1) is 19.5. The maximum Gasteiger partial charge on any atom is 0.354 e. The molecular weight excluding hydrogens is 547 g/mol. The van der Waals surface area contributed by atoms with Crippen molar-refractivity contribution >= 4 is 34.2 Å². The summed E-state index contributed by atoms with van der Waals surface area (Å²) in [5, 5.41) is 11.0. The van der Waals surface area contributed by atoms with E-state index in [2.05, 4.69) is 21.5 Å². The number of hydrogen-bond acceptors (Lipinski definition) is 7. The summed E-state index contributed by atoms with van der Waals surface area (Å²) in [5.74, 6) is -0.904. The molecular formula is C30H30ClFN6O3. The van der Waals surface area contributed by atoms with Crippen LogP contribution in [0.25, 0.3) is 27.8 Å². The normalized spacial score (nSPS) is 15.5. The van der Waals surface area contributed by atoms with E-state index in [1.165, 1.54) is 35.0 Å². The first kappa shape index (κ1) is 28.2. The molecule has 1 aliphatic heterocycles. The molecule has 1 saturated heterocycles. The number of phenolic OH excluding ortho intramolecular Hbond substituents is 1. The summed E-state index contributed by atoms with van der Waals surface area (Å²) in [6, 6.07) is 5.53. The molecule has 1 atom stereocenters. The molecule has 1 amide bonds. The van der Waals surface area contributed by atoms with Gasteiger partial charge < -0.3 is 14.9 Å². The van der Waals surface area contributed by atoms with Crippen LogP contribution in [0.5, 0.6) is 5.75 Å². The number of halogens is 2. The van der Waals surface area contributed by atoms with E-state index in [1.807, 2.05) is 32.6 Å². The van der Waals surface area contributed by atoms with Gasteiger partial charge in [0.2, 0.25) is 5.91 Å². The van der Waals surface area contributed by atoms with Crippen molar-refractivity contribution in [1.82, 2.24) is 24.4 Å². The zero-order valence-corrected chi connectivity index (χ0v) is 24.0. The van der Waals surface area contributed by atoms with Crippen molar-refractivity contribution < 1.29 is 14.3 Å². The van der Waals surface area contributed by atoms with E-state index in [1.54, 1.807) is 17.2 Å². The predicted octanol–water partition coefficient (Wildman–Crippen LogP) is 5.00. The van der Waals surface area contributed by atoms with E-state index in [-0.39, 0.29) is 45.4 Å². The summed E-state index contributed by atoms with van der Waals surface area (Å²) in [7, 11) is 0. The molecule has 1 fully saturated rings. The first-order valence-corrected chi connectivity index (χ1v) is 13.7. The van der Waals surface area contributed by atoms with Crippen molar-refractivity contribution in [3.8, 4) is 22.7 Å². The minimum absolute atomic E-state index is 0.0119. The summed E-state index contributed by atoms with van der Waals surface area (Å²) in [5.41, 5.74) is 1.45. The van der Waals surface area contributed by atoms with Crippen LogP contribution in [0, 0.1) is 12.7 Å². The van der Waals surface area contributed by atoms with Gasteiger partial charge >= 0.3 is 5.69 Å². The van der Waals surface area contributed by atoms with Crippen LogP contribution in [-0.2, 0) is 4.79 Å². The molecule has 212 valence electrons. The third-order valence-electron chi connectivity index (χ3n) is 7.39. The second-order valence-corrected chi connectivity index (χ2v) is 10.8. The van der Waals surface area contributed by atoms with Gasteiger partial charge in [-0.1, -0.05) is 38.1 Å². The largest absolute Gasteiger partial charge is 0.507 e. The Morgan fingerprint density at radius 3 is 2.66 bits per heavy atom. The SMILES string of the molecule is C=CC(=O)N1CCN(c2nc(=O)n(-c3c(C)ccnc3C(C)C)c3c(Cl)c(-c4c(O)cccc4F)ncc23)[C@@H](C)C1. The Balaban J connectivity index is 1.84. The van der Waals surface area contributed by atoms with Crippen LogP contribution in [0.2, 0.25) is 5.02 Å². The van der Waals surface area contributed by atoms with Gasteiger partial charge in [0.25, 0.3) is 0 Å². The maximum absolute atomic E-state index is 15.0. The highest BCUT2D eigenvalue weighted by Gasteiger charge is 2.31. The number of rotatable bonds is 5. The monoisotopic (exact) mass is 576 g/mol. The number of amides is 1. The summed E-state index contributed by atoms with van der Waals surface area (Å²) in [4.78, 5) is 43.4. The minimum atomic E-state index is -0.709. The standard InChI is InChI=1S/C30H30ClFN6O3/c1-6-22(40)36-12-13-37(18(5)15-36)29-19-14-34-26(23-20(32)8-7-9-21(23)39)24(31)28(19)38(30(41)35-29)27-17(4)10-11-33-25(27)16(2)3/h6-11,14,16,18,39H,1,12-13,15H2,2-5H3/t18-/m0/s1. The number of hydrogen-bond donors (Lipinski definition) is 1. The lowest BCUT2D eigenvalue weighted by molar-refractivity contribution is -0.126. The van der Waals surface area contributed by atoms with Crippen LogP contribution in [0.15, 0.2) is 54.1 Å². The van der Waals surface area contributed by atoms with Crippen molar-refractivity contribution in [3.63, 3.8) is 0 Å². The molecule has 4 heterocycles. The van der Waals surface area contributed by atoms with Gasteiger partial charge in [0, 0.05) is 38.1 Å². The minimum Gasteiger partial charge on any atom is -0.507 e. The van der Waals surface area contributed by atoms with Gasteiger partial charge in [-0.15, -0.1) is 0 Å². The number of nitrogens with zero attached hydrogens (tertiary/aromatic N) is 6. The van der Waals surface area contributed by atoms with E-state index >= 15 is 4.39 Å². The third kappa shape index (κ3) is 4.82. The number of benzene rings is 1. The Kier molecular flexibility index (Phi) is 7.52. The number of aromatic nitrogens is 4. The Bertz CT molecular complexity index is 1730. The van der Waals surface area contributed by atoms with Crippen LogP contribution in [0.4, 0.5) is 10.2 Å². The number of carbonyl (C=O) groups is 1. The fourth-order valence-electron chi connectivity index (χ4n) is 5.39. The van der Waals surface area contributed by atoms with Crippen LogP contribution >= 0.6 is 11.6 Å². The number of fused-ring (bicyclic) bond motifs is 1. The lowest BCUT2D eigenvalue weighted by atomic mass is 10.0. The molecule has 11 heteroatoms. The molecule has 1 N–H and O–H groups in total. The van der Waals surface area contributed by atoms with Gasteiger partial charge in [-0.25, -0.2) is 9.18 Å². The maximum atomic E-state index is 15.0. The summed E-state index contributed by atoms with van der Waals surface area (Å²) in [6.45, 7) is 12.5. The molecule has 9 nitrogen and oxygen atoms in total. The van der Waals surface area contributed by atoms with Crippen molar-refractivity contribution in [3.05, 3.63) is 81.9 Å². The van der Waals surface area contributed by atoms with Crippen molar-refractivity contribution in [2.45, 2.75) is 39.7 Å². The highest BCUT2D eigenvalue weighted by atomic mass is 35.5. The molecule has 0 radical (unpaired) electrons. The molecule has 1 aromatic carbocycles. The van der Waals surface area contributed by atoms with Crippen LogP contribution in [0.1, 0.15) is 37.9 Å². The van der Waals surface area contributed by atoms with Crippen LogP contribution < -0.4 is 10.6 Å². The molecule has 0 aliphatic carbocycles. The number of pyridine rings is 2. The first-order valence-electron chi connectivity index (χ1n) is 13.3. The van der Waals surface area contributed by atoms with Gasteiger partial charge in [-0.05, 0) is 49.6 Å². The Labute approximate surface area is 241 Å². The number of piperazine rings is 1. The Morgan fingerprint density at radius 1 is 1.24 bits per heavy atom. The highest BCUT2D eigenvalue weighted by Crippen LogP contribution is 2.41. The Morgan fingerprint density at radius 2 is 2.00 bits per heavy atom. The van der Waals surface area contributed by atoms with Crippen molar-refractivity contribution in [1.29, 1.82) is 0 Å². The molecule has 4 aromatic rings. The smallest absolute Gasteiger partial charge is 0.354 e.